The highest BCUT2D eigenvalue weighted by Crippen LogP contribution is 2.29. The maximum atomic E-state index is 5.44. The van der Waals surface area contributed by atoms with Gasteiger partial charge in [0, 0.05) is 37.4 Å². The van der Waals surface area contributed by atoms with Crippen LogP contribution in [0.1, 0.15) is 43.7 Å². The van der Waals surface area contributed by atoms with Gasteiger partial charge < -0.3 is 19.3 Å². The lowest BCUT2D eigenvalue weighted by Crippen LogP contribution is -2.47. The van der Waals surface area contributed by atoms with E-state index in [4.69, 9.17) is 9.47 Å². The molecule has 0 radical (unpaired) electrons. The van der Waals surface area contributed by atoms with Crippen molar-refractivity contribution in [1.82, 2.24) is 14.9 Å². The molecule has 1 fully saturated rings. The van der Waals surface area contributed by atoms with Crippen molar-refractivity contribution in [3.05, 3.63) is 41.9 Å². The standard InChI is InChI=1S/C23H34N4O2/c1-17(2)20-14-24-16-25-23(20)27-11-6-7-19(15-27)26(3)12-10-18-8-9-21(28-4)22(13-18)29-5/h8-9,13-14,16-17,19H,6-7,10-12,15H2,1-5H3. The minimum atomic E-state index is 0.425. The van der Waals surface area contributed by atoms with Crippen molar-refractivity contribution in [2.75, 3.05) is 45.8 Å². The van der Waals surface area contributed by atoms with Gasteiger partial charge in [0.2, 0.25) is 0 Å². The van der Waals surface area contributed by atoms with Crippen LogP contribution in [0, 0.1) is 0 Å². The molecule has 2 heterocycles. The molecule has 158 valence electrons. The van der Waals surface area contributed by atoms with Gasteiger partial charge in [0.1, 0.15) is 12.1 Å². The SMILES string of the molecule is COc1ccc(CCN(C)C2CCCN(c3ncncc3C(C)C)C2)cc1OC. The topological polar surface area (TPSA) is 50.7 Å². The Balaban J connectivity index is 1.62. The van der Waals surface area contributed by atoms with Crippen LogP contribution < -0.4 is 14.4 Å². The molecule has 29 heavy (non-hydrogen) atoms. The number of nitrogens with zero attached hydrogens (tertiary/aromatic N) is 4. The number of ether oxygens (including phenoxy) is 2. The number of piperidine rings is 1. The van der Waals surface area contributed by atoms with E-state index in [1.807, 2.05) is 12.3 Å². The van der Waals surface area contributed by atoms with Gasteiger partial charge in [0.15, 0.2) is 11.5 Å². The smallest absolute Gasteiger partial charge is 0.160 e. The zero-order valence-corrected chi connectivity index (χ0v) is 18.4. The van der Waals surface area contributed by atoms with E-state index in [1.165, 1.54) is 24.0 Å². The largest absolute Gasteiger partial charge is 0.493 e. The van der Waals surface area contributed by atoms with Crippen LogP contribution in [0.25, 0.3) is 0 Å². The molecule has 3 rings (SSSR count). The zero-order valence-electron chi connectivity index (χ0n) is 18.4. The number of hydrogen-bond acceptors (Lipinski definition) is 6. The predicted molar refractivity (Wildman–Crippen MR) is 117 cm³/mol. The van der Waals surface area contributed by atoms with Gasteiger partial charge in [-0.05, 0) is 49.9 Å². The van der Waals surface area contributed by atoms with Crippen molar-refractivity contribution in [2.24, 2.45) is 0 Å². The fourth-order valence-corrected chi connectivity index (χ4v) is 4.04. The summed E-state index contributed by atoms with van der Waals surface area (Å²) in [6.45, 7) is 7.50. The lowest BCUT2D eigenvalue weighted by molar-refractivity contribution is 0.217. The molecule has 1 aromatic heterocycles. The summed E-state index contributed by atoms with van der Waals surface area (Å²) in [5.74, 6) is 3.10. The molecule has 0 spiro atoms. The molecule has 1 aromatic carbocycles. The molecule has 2 aromatic rings. The van der Waals surface area contributed by atoms with E-state index in [2.05, 4.69) is 52.8 Å². The zero-order chi connectivity index (χ0) is 20.8. The Morgan fingerprint density at radius 2 is 2.00 bits per heavy atom. The van der Waals surface area contributed by atoms with E-state index in [0.717, 1.165) is 43.4 Å². The molecule has 0 N–H and O–H groups in total. The third kappa shape index (κ3) is 5.18. The Morgan fingerprint density at radius 3 is 2.72 bits per heavy atom. The minimum absolute atomic E-state index is 0.425. The number of benzene rings is 1. The Bertz CT molecular complexity index is 796. The van der Waals surface area contributed by atoms with Crippen molar-refractivity contribution in [3.8, 4) is 11.5 Å². The van der Waals surface area contributed by atoms with Crippen molar-refractivity contribution < 1.29 is 9.47 Å². The summed E-state index contributed by atoms with van der Waals surface area (Å²) in [7, 11) is 5.59. The fraction of sp³-hybridized carbons (Fsp3) is 0.565. The molecular formula is C23H34N4O2. The Morgan fingerprint density at radius 1 is 1.21 bits per heavy atom. The molecule has 0 aliphatic carbocycles. The van der Waals surface area contributed by atoms with E-state index < -0.39 is 0 Å². The van der Waals surface area contributed by atoms with Crippen molar-refractivity contribution >= 4 is 5.82 Å². The lowest BCUT2D eigenvalue weighted by atomic mass is 10.0. The molecule has 0 saturated carbocycles. The third-order valence-electron chi connectivity index (χ3n) is 5.86. The van der Waals surface area contributed by atoms with Gasteiger partial charge in [0.05, 0.1) is 14.2 Å². The van der Waals surface area contributed by atoms with Gasteiger partial charge in [-0.15, -0.1) is 0 Å². The average Bonchev–Trinajstić information content (AvgIpc) is 2.77. The molecule has 6 heteroatoms. The summed E-state index contributed by atoms with van der Waals surface area (Å²) >= 11 is 0. The number of likely N-dealkylation sites (N-methyl/N-ethyl adjacent to an activating group) is 1. The number of anilines is 1. The summed E-state index contributed by atoms with van der Waals surface area (Å²) in [6.07, 6.45) is 7.04. The normalized spacial score (nSPS) is 17.1. The van der Waals surface area contributed by atoms with Crippen LogP contribution in [-0.2, 0) is 6.42 Å². The quantitative estimate of drug-likeness (QED) is 0.675. The molecule has 6 nitrogen and oxygen atoms in total. The highest BCUT2D eigenvalue weighted by atomic mass is 16.5. The van der Waals surface area contributed by atoms with E-state index in [9.17, 15) is 0 Å². The van der Waals surface area contributed by atoms with Gasteiger partial charge in [-0.2, -0.15) is 0 Å². The van der Waals surface area contributed by atoms with Crippen LogP contribution in [0.3, 0.4) is 0 Å². The van der Waals surface area contributed by atoms with Gasteiger partial charge in [-0.1, -0.05) is 19.9 Å². The molecule has 1 atom stereocenters. The van der Waals surface area contributed by atoms with E-state index in [-0.39, 0.29) is 0 Å². The summed E-state index contributed by atoms with van der Waals surface area (Å²) in [4.78, 5) is 13.8. The monoisotopic (exact) mass is 398 g/mol. The first-order valence-electron chi connectivity index (χ1n) is 10.5. The minimum Gasteiger partial charge on any atom is -0.493 e. The van der Waals surface area contributed by atoms with Crippen molar-refractivity contribution in [3.63, 3.8) is 0 Å². The molecular weight excluding hydrogens is 364 g/mol. The van der Waals surface area contributed by atoms with Crippen molar-refractivity contribution in [1.29, 1.82) is 0 Å². The molecule has 0 amide bonds. The van der Waals surface area contributed by atoms with E-state index in [0.29, 0.717) is 12.0 Å². The summed E-state index contributed by atoms with van der Waals surface area (Å²) in [5, 5.41) is 0. The first-order chi connectivity index (χ1) is 14.0. The van der Waals surface area contributed by atoms with Crippen LogP contribution in [0.15, 0.2) is 30.7 Å². The molecule has 1 aliphatic rings. The Hall–Kier alpha value is -2.34. The van der Waals surface area contributed by atoms with E-state index in [1.54, 1.807) is 20.5 Å². The van der Waals surface area contributed by atoms with Gasteiger partial charge in [0.25, 0.3) is 0 Å². The van der Waals surface area contributed by atoms with Crippen LogP contribution in [0.4, 0.5) is 5.82 Å². The fourth-order valence-electron chi connectivity index (χ4n) is 4.04. The number of rotatable bonds is 8. The Labute approximate surface area is 174 Å². The predicted octanol–water partition coefficient (Wildman–Crippen LogP) is 3.76. The van der Waals surface area contributed by atoms with Crippen LogP contribution in [-0.4, -0.2) is 61.8 Å². The number of hydrogen-bond donors (Lipinski definition) is 0. The maximum absolute atomic E-state index is 5.44. The highest BCUT2D eigenvalue weighted by molar-refractivity contribution is 5.47. The summed E-state index contributed by atoms with van der Waals surface area (Å²) < 4.78 is 10.8. The van der Waals surface area contributed by atoms with Gasteiger partial charge in [-0.25, -0.2) is 9.97 Å². The van der Waals surface area contributed by atoms with Crippen LogP contribution in [0.2, 0.25) is 0 Å². The summed E-state index contributed by atoms with van der Waals surface area (Å²) in [5.41, 5.74) is 2.50. The van der Waals surface area contributed by atoms with Gasteiger partial charge in [-0.3, -0.25) is 0 Å². The Kier molecular flexibility index (Phi) is 7.31. The number of aromatic nitrogens is 2. The second-order valence-corrected chi connectivity index (χ2v) is 8.12. The van der Waals surface area contributed by atoms with Gasteiger partial charge >= 0.3 is 0 Å². The maximum Gasteiger partial charge on any atom is 0.160 e. The second kappa shape index (κ2) is 9.92. The third-order valence-corrected chi connectivity index (χ3v) is 5.86. The second-order valence-electron chi connectivity index (χ2n) is 8.12. The molecule has 1 aliphatic heterocycles. The van der Waals surface area contributed by atoms with Crippen LogP contribution in [0.5, 0.6) is 11.5 Å². The average molecular weight is 399 g/mol. The molecule has 1 saturated heterocycles. The molecule has 0 bridgehead atoms. The van der Waals surface area contributed by atoms with Crippen molar-refractivity contribution in [2.45, 2.75) is 45.1 Å². The van der Waals surface area contributed by atoms with E-state index >= 15 is 0 Å². The number of methoxy groups -OCH3 is 2. The lowest BCUT2D eigenvalue weighted by Gasteiger charge is -2.39. The first kappa shape index (κ1) is 21.4. The first-order valence-corrected chi connectivity index (χ1v) is 10.5. The summed E-state index contributed by atoms with van der Waals surface area (Å²) in [6, 6.07) is 6.71. The highest BCUT2D eigenvalue weighted by Gasteiger charge is 2.26. The molecule has 1 unspecified atom stereocenters. The van der Waals surface area contributed by atoms with Crippen LogP contribution >= 0.6 is 0 Å².